The SMILES string of the molecule is CCCCCC(CN)N1CCS(=O)(=O)CC1. The van der Waals surface area contributed by atoms with E-state index in [4.69, 9.17) is 5.73 Å². The molecule has 0 saturated carbocycles. The van der Waals surface area contributed by atoms with Gasteiger partial charge < -0.3 is 5.73 Å². The van der Waals surface area contributed by atoms with Crippen LogP contribution in [0.5, 0.6) is 0 Å². The minimum absolute atomic E-state index is 0.303. The van der Waals surface area contributed by atoms with Gasteiger partial charge in [0.2, 0.25) is 0 Å². The van der Waals surface area contributed by atoms with E-state index in [1.165, 1.54) is 19.3 Å². The van der Waals surface area contributed by atoms with Crippen LogP contribution >= 0.6 is 0 Å². The fourth-order valence-electron chi connectivity index (χ4n) is 2.17. The molecular weight excluding hydrogens is 224 g/mol. The van der Waals surface area contributed by atoms with Crippen LogP contribution in [0.25, 0.3) is 0 Å². The van der Waals surface area contributed by atoms with Gasteiger partial charge in [0, 0.05) is 25.7 Å². The summed E-state index contributed by atoms with van der Waals surface area (Å²) in [6.07, 6.45) is 4.75. The van der Waals surface area contributed by atoms with Crippen LogP contribution in [0.15, 0.2) is 0 Å². The summed E-state index contributed by atoms with van der Waals surface area (Å²) in [4.78, 5) is 2.25. The Bertz CT molecular complexity index is 276. The summed E-state index contributed by atoms with van der Waals surface area (Å²) in [5.74, 6) is 0.606. The minimum Gasteiger partial charge on any atom is -0.329 e. The molecule has 96 valence electrons. The van der Waals surface area contributed by atoms with Crippen LogP contribution in [-0.2, 0) is 9.84 Å². The lowest BCUT2D eigenvalue weighted by Gasteiger charge is -2.33. The molecule has 1 heterocycles. The molecule has 1 saturated heterocycles. The topological polar surface area (TPSA) is 63.4 Å². The highest BCUT2D eigenvalue weighted by molar-refractivity contribution is 7.91. The smallest absolute Gasteiger partial charge is 0.152 e. The summed E-state index contributed by atoms with van der Waals surface area (Å²) in [7, 11) is -2.77. The summed E-state index contributed by atoms with van der Waals surface area (Å²) in [5.41, 5.74) is 5.76. The Kier molecular flexibility index (Phi) is 5.72. The molecule has 5 heteroatoms. The summed E-state index contributed by atoms with van der Waals surface area (Å²) in [6, 6.07) is 0.377. The van der Waals surface area contributed by atoms with Crippen molar-refractivity contribution in [3.63, 3.8) is 0 Å². The van der Waals surface area contributed by atoms with Crippen molar-refractivity contribution in [2.24, 2.45) is 5.73 Å². The van der Waals surface area contributed by atoms with Crippen molar-refractivity contribution in [1.82, 2.24) is 4.90 Å². The molecule has 4 nitrogen and oxygen atoms in total. The monoisotopic (exact) mass is 248 g/mol. The molecule has 0 radical (unpaired) electrons. The van der Waals surface area contributed by atoms with Gasteiger partial charge >= 0.3 is 0 Å². The van der Waals surface area contributed by atoms with Gasteiger partial charge in [-0.15, -0.1) is 0 Å². The lowest BCUT2D eigenvalue weighted by atomic mass is 10.1. The van der Waals surface area contributed by atoms with Gasteiger partial charge in [-0.25, -0.2) is 8.42 Å². The second-order valence-electron chi connectivity index (χ2n) is 4.57. The van der Waals surface area contributed by atoms with E-state index in [0.29, 0.717) is 37.2 Å². The van der Waals surface area contributed by atoms with Gasteiger partial charge in [0.1, 0.15) is 0 Å². The van der Waals surface area contributed by atoms with Gasteiger partial charge in [-0.3, -0.25) is 4.90 Å². The highest BCUT2D eigenvalue weighted by Gasteiger charge is 2.25. The van der Waals surface area contributed by atoms with Crippen LogP contribution < -0.4 is 5.73 Å². The maximum atomic E-state index is 11.3. The lowest BCUT2D eigenvalue weighted by Crippen LogP contribution is -2.48. The maximum Gasteiger partial charge on any atom is 0.152 e. The van der Waals surface area contributed by atoms with E-state index >= 15 is 0 Å². The fourth-order valence-corrected chi connectivity index (χ4v) is 3.40. The quantitative estimate of drug-likeness (QED) is 0.700. The predicted octanol–water partition coefficient (Wildman–Crippen LogP) is 0.624. The molecule has 0 aromatic heterocycles. The van der Waals surface area contributed by atoms with Crippen LogP contribution in [0.4, 0.5) is 0 Å². The van der Waals surface area contributed by atoms with E-state index in [1.807, 2.05) is 0 Å². The Hall–Kier alpha value is -0.130. The number of rotatable bonds is 6. The molecule has 0 aromatic rings. The van der Waals surface area contributed by atoms with Crippen molar-refractivity contribution in [2.45, 2.75) is 38.6 Å². The molecule has 1 unspecified atom stereocenters. The molecule has 1 aliphatic rings. The highest BCUT2D eigenvalue weighted by Crippen LogP contribution is 2.13. The second-order valence-corrected chi connectivity index (χ2v) is 6.88. The third-order valence-corrected chi connectivity index (χ3v) is 4.92. The van der Waals surface area contributed by atoms with Gasteiger partial charge in [-0.1, -0.05) is 26.2 Å². The third-order valence-electron chi connectivity index (χ3n) is 3.31. The van der Waals surface area contributed by atoms with Crippen molar-refractivity contribution >= 4 is 9.84 Å². The van der Waals surface area contributed by atoms with Crippen LogP contribution in [0.2, 0.25) is 0 Å². The number of hydrogen-bond acceptors (Lipinski definition) is 4. The normalized spacial score (nSPS) is 23.1. The Labute approximate surface area is 99.1 Å². The van der Waals surface area contributed by atoms with Gasteiger partial charge in [0.15, 0.2) is 9.84 Å². The Morgan fingerprint density at radius 1 is 1.25 bits per heavy atom. The van der Waals surface area contributed by atoms with Gasteiger partial charge in [0.25, 0.3) is 0 Å². The van der Waals surface area contributed by atoms with Crippen molar-refractivity contribution in [3.8, 4) is 0 Å². The highest BCUT2D eigenvalue weighted by atomic mass is 32.2. The van der Waals surface area contributed by atoms with E-state index in [1.54, 1.807) is 0 Å². The third kappa shape index (κ3) is 4.39. The first-order valence-corrected chi connectivity index (χ1v) is 8.05. The van der Waals surface area contributed by atoms with Crippen LogP contribution in [-0.4, -0.2) is 50.5 Å². The largest absolute Gasteiger partial charge is 0.329 e. The van der Waals surface area contributed by atoms with Crippen LogP contribution in [0, 0.1) is 0 Å². The first-order chi connectivity index (χ1) is 7.59. The Balaban J connectivity index is 2.36. The molecule has 2 N–H and O–H groups in total. The average molecular weight is 248 g/mol. The van der Waals surface area contributed by atoms with Crippen molar-refractivity contribution < 1.29 is 8.42 Å². The van der Waals surface area contributed by atoms with E-state index in [-0.39, 0.29) is 0 Å². The molecule has 0 spiro atoms. The minimum atomic E-state index is -2.77. The zero-order chi connectivity index (χ0) is 12.0. The summed E-state index contributed by atoms with van der Waals surface area (Å²) < 4.78 is 22.6. The van der Waals surface area contributed by atoms with Gasteiger partial charge in [-0.05, 0) is 6.42 Å². The number of unbranched alkanes of at least 4 members (excludes halogenated alkanes) is 2. The molecule has 1 atom stereocenters. The van der Waals surface area contributed by atoms with Crippen molar-refractivity contribution in [2.75, 3.05) is 31.1 Å². The zero-order valence-corrected chi connectivity index (χ0v) is 11.0. The standard InChI is InChI=1S/C11H24N2O2S/c1-2-3-4-5-11(10-12)13-6-8-16(14,15)9-7-13/h11H,2-10,12H2,1H3. The number of nitrogens with zero attached hydrogens (tertiary/aromatic N) is 1. The summed E-state index contributed by atoms with van der Waals surface area (Å²) in [6.45, 7) is 4.15. The Morgan fingerprint density at radius 2 is 1.88 bits per heavy atom. The first kappa shape index (κ1) is 13.9. The molecule has 0 aromatic carbocycles. The van der Waals surface area contributed by atoms with Gasteiger partial charge in [-0.2, -0.15) is 0 Å². The van der Waals surface area contributed by atoms with E-state index < -0.39 is 9.84 Å². The van der Waals surface area contributed by atoms with E-state index in [9.17, 15) is 8.42 Å². The zero-order valence-electron chi connectivity index (χ0n) is 10.2. The molecule has 1 aliphatic heterocycles. The van der Waals surface area contributed by atoms with Crippen molar-refractivity contribution in [1.29, 1.82) is 0 Å². The average Bonchev–Trinajstić information content (AvgIpc) is 2.25. The Morgan fingerprint density at radius 3 is 2.38 bits per heavy atom. The second kappa shape index (κ2) is 6.57. The summed E-state index contributed by atoms with van der Waals surface area (Å²) >= 11 is 0. The van der Waals surface area contributed by atoms with Crippen LogP contribution in [0.1, 0.15) is 32.6 Å². The van der Waals surface area contributed by atoms with E-state index in [2.05, 4.69) is 11.8 Å². The molecular formula is C11H24N2O2S. The van der Waals surface area contributed by atoms with Crippen molar-refractivity contribution in [3.05, 3.63) is 0 Å². The maximum absolute atomic E-state index is 11.3. The number of nitrogens with two attached hydrogens (primary N) is 1. The molecule has 1 rings (SSSR count). The summed E-state index contributed by atoms with van der Waals surface area (Å²) in [5, 5.41) is 0. The molecule has 0 aliphatic carbocycles. The number of hydrogen-bond donors (Lipinski definition) is 1. The molecule has 0 amide bonds. The molecule has 0 bridgehead atoms. The van der Waals surface area contributed by atoms with E-state index in [0.717, 1.165) is 6.42 Å². The number of sulfone groups is 1. The lowest BCUT2D eigenvalue weighted by molar-refractivity contribution is 0.203. The molecule has 16 heavy (non-hydrogen) atoms. The molecule has 1 fully saturated rings. The fraction of sp³-hybridized carbons (Fsp3) is 1.00. The first-order valence-electron chi connectivity index (χ1n) is 6.23. The van der Waals surface area contributed by atoms with Crippen LogP contribution in [0.3, 0.4) is 0 Å². The predicted molar refractivity (Wildman–Crippen MR) is 67.2 cm³/mol. The van der Waals surface area contributed by atoms with Gasteiger partial charge in [0.05, 0.1) is 11.5 Å².